The van der Waals surface area contributed by atoms with Crippen LogP contribution in [-0.2, 0) is 6.61 Å². The summed E-state index contributed by atoms with van der Waals surface area (Å²) in [6.07, 6.45) is -4.55. The summed E-state index contributed by atoms with van der Waals surface area (Å²) in [5, 5.41) is 0. The van der Waals surface area contributed by atoms with Crippen molar-refractivity contribution in [2.75, 3.05) is 0 Å². The number of aldehydes is 1. The highest BCUT2D eigenvalue weighted by Crippen LogP contribution is 2.32. The number of ether oxygens (including phenoxy) is 2. The Labute approximate surface area is 154 Å². The average molecular weight is 372 g/mol. The molecule has 27 heavy (non-hydrogen) atoms. The number of halogens is 3. The molecule has 0 aliphatic rings. The second kappa shape index (κ2) is 7.95. The third-order valence-electron chi connectivity index (χ3n) is 3.78. The molecule has 0 heterocycles. The van der Waals surface area contributed by atoms with Crippen molar-refractivity contribution in [2.24, 2.45) is 0 Å². The standard InChI is InChI=1S/C21H15F3O3/c22-21(23,24)27-20-12-17(9-10-18(20)13-25)16-7-4-8-19(11-16)26-14-15-5-2-1-3-6-15/h1-13H,14H2. The van der Waals surface area contributed by atoms with E-state index in [0.29, 0.717) is 29.8 Å². The van der Waals surface area contributed by atoms with E-state index in [9.17, 15) is 18.0 Å². The van der Waals surface area contributed by atoms with Crippen molar-refractivity contribution in [3.8, 4) is 22.6 Å². The Morgan fingerprint density at radius 1 is 0.852 bits per heavy atom. The van der Waals surface area contributed by atoms with Gasteiger partial charge in [-0.2, -0.15) is 0 Å². The Kier molecular flexibility index (Phi) is 5.45. The van der Waals surface area contributed by atoms with Gasteiger partial charge in [0, 0.05) is 0 Å². The summed E-state index contributed by atoms with van der Waals surface area (Å²) in [4.78, 5) is 11.0. The van der Waals surface area contributed by atoms with E-state index in [1.165, 1.54) is 12.1 Å². The van der Waals surface area contributed by atoms with Gasteiger partial charge in [0.25, 0.3) is 0 Å². The predicted octanol–water partition coefficient (Wildman–Crippen LogP) is 5.64. The van der Waals surface area contributed by atoms with Crippen LogP contribution in [0.5, 0.6) is 11.5 Å². The van der Waals surface area contributed by atoms with Crippen LogP contribution in [0.4, 0.5) is 13.2 Å². The normalized spacial score (nSPS) is 11.1. The van der Waals surface area contributed by atoms with Gasteiger partial charge >= 0.3 is 6.36 Å². The van der Waals surface area contributed by atoms with Gasteiger partial charge in [0.1, 0.15) is 18.1 Å². The lowest BCUT2D eigenvalue weighted by atomic mass is 10.0. The summed E-state index contributed by atoms with van der Waals surface area (Å²) >= 11 is 0. The average Bonchev–Trinajstić information content (AvgIpc) is 2.66. The third kappa shape index (κ3) is 5.10. The molecule has 0 unspecified atom stereocenters. The first-order chi connectivity index (χ1) is 12.9. The second-order valence-corrected chi connectivity index (χ2v) is 5.72. The molecule has 0 saturated heterocycles. The van der Waals surface area contributed by atoms with Crippen molar-refractivity contribution >= 4 is 6.29 Å². The number of hydrogen-bond acceptors (Lipinski definition) is 3. The Hall–Kier alpha value is -3.28. The molecule has 0 N–H and O–H groups in total. The highest BCUT2D eigenvalue weighted by Gasteiger charge is 2.32. The minimum absolute atomic E-state index is 0.174. The Morgan fingerprint density at radius 2 is 1.59 bits per heavy atom. The van der Waals surface area contributed by atoms with Crippen LogP contribution in [-0.4, -0.2) is 12.6 Å². The number of hydrogen-bond donors (Lipinski definition) is 0. The molecule has 0 spiro atoms. The van der Waals surface area contributed by atoms with Gasteiger partial charge in [0.05, 0.1) is 5.56 Å². The maximum Gasteiger partial charge on any atom is 0.573 e. The molecular weight excluding hydrogens is 357 g/mol. The molecule has 0 aliphatic carbocycles. The van der Waals surface area contributed by atoms with Crippen molar-refractivity contribution in [2.45, 2.75) is 13.0 Å². The van der Waals surface area contributed by atoms with E-state index in [2.05, 4.69) is 4.74 Å². The highest BCUT2D eigenvalue weighted by molar-refractivity contribution is 5.82. The summed E-state index contributed by atoms with van der Waals surface area (Å²) < 4.78 is 47.4. The fourth-order valence-electron chi connectivity index (χ4n) is 2.53. The van der Waals surface area contributed by atoms with E-state index in [-0.39, 0.29) is 5.56 Å². The summed E-state index contributed by atoms with van der Waals surface area (Å²) in [7, 11) is 0. The van der Waals surface area contributed by atoms with E-state index in [0.717, 1.165) is 5.56 Å². The summed E-state index contributed by atoms with van der Waals surface area (Å²) in [5.74, 6) is 0.0414. The predicted molar refractivity (Wildman–Crippen MR) is 94.7 cm³/mol. The van der Waals surface area contributed by atoms with Gasteiger partial charge in [-0.15, -0.1) is 13.2 Å². The van der Waals surface area contributed by atoms with E-state index in [4.69, 9.17) is 4.74 Å². The first kappa shape index (κ1) is 18.5. The number of rotatable bonds is 6. The molecule has 138 valence electrons. The first-order valence-corrected chi connectivity index (χ1v) is 8.07. The quantitative estimate of drug-likeness (QED) is 0.525. The maximum absolute atomic E-state index is 12.6. The van der Waals surface area contributed by atoms with Gasteiger partial charge in [0.15, 0.2) is 6.29 Å². The molecule has 3 rings (SSSR count). The van der Waals surface area contributed by atoms with Crippen molar-refractivity contribution in [3.63, 3.8) is 0 Å². The third-order valence-corrected chi connectivity index (χ3v) is 3.78. The van der Waals surface area contributed by atoms with Crippen LogP contribution in [0.2, 0.25) is 0 Å². The van der Waals surface area contributed by atoms with E-state index >= 15 is 0 Å². The van der Waals surface area contributed by atoms with Crippen molar-refractivity contribution < 1.29 is 27.4 Å². The van der Waals surface area contributed by atoms with E-state index in [1.807, 2.05) is 30.3 Å². The van der Waals surface area contributed by atoms with Gasteiger partial charge in [-0.1, -0.05) is 48.5 Å². The first-order valence-electron chi connectivity index (χ1n) is 8.07. The lowest BCUT2D eigenvalue weighted by Gasteiger charge is -2.13. The van der Waals surface area contributed by atoms with Crippen LogP contribution < -0.4 is 9.47 Å². The molecule has 3 nitrogen and oxygen atoms in total. The fourth-order valence-corrected chi connectivity index (χ4v) is 2.53. The number of carbonyl (C=O) groups is 1. The summed E-state index contributed by atoms with van der Waals surface area (Å²) in [6.45, 7) is 0.372. The minimum Gasteiger partial charge on any atom is -0.489 e. The zero-order valence-electron chi connectivity index (χ0n) is 14.1. The Balaban J connectivity index is 1.83. The molecule has 0 saturated carbocycles. The van der Waals surface area contributed by atoms with Crippen molar-refractivity contribution in [3.05, 3.63) is 83.9 Å². The monoisotopic (exact) mass is 372 g/mol. The second-order valence-electron chi connectivity index (χ2n) is 5.72. The molecule has 0 atom stereocenters. The van der Waals surface area contributed by atoms with Crippen LogP contribution in [0.15, 0.2) is 72.8 Å². The fraction of sp³-hybridized carbons (Fsp3) is 0.0952. The smallest absolute Gasteiger partial charge is 0.489 e. The molecule has 0 bridgehead atoms. The van der Waals surface area contributed by atoms with E-state index in [1.54, 1.807) is 30.3 Å². The molecule has 0 amide bonds. The maximum atomic E-state index is 12.6. The van der Waals surface area contributed by atoms with Gasteiger partial charge in [-0.25, -0.2) is 0 Å². The lowest BCUT2D eigenvalue weighted by Crippen LogP contribution is -2.18. The summed E-state index contributed by atoms with van der Waals surface area (Å²) in [6, 6.07) is 20.6. The molecule has 0 radical (unpaired) electrons. The zero-order chi connectivity index (χ0) is 19.3. The Bertz CT molecular complexity index is 921. The molecule has 0 fully saturated rings. The van der Waals surface area contributed by atoms with Crippen LogP contribution in [0, 0.1) is 0 Å². The van der Waals surface area contributed by atoms with Crippen LogP contribution in [0.1, 0.15) is 15.9 Å². The van der Waals surface area contributed by atoms with Crippen LogP contribution in [0.3, 0.4) is 0 Å². The number of carbonyl (C=O) groups excluding carboxylic acids is 1. The Morgan fingerprint density at radius 3 is 2.30 bits per heavy atom. The lowest BCUT2D eigenvalue weighted by molar-refractivity contribution is -0.274. The van der Waals surface area contributed by atoms with Crippen molar-refractivity contribution in [1.29, 1.82) is 0 Å². The molecule has 3 aromatic rings. The molecule has 0 aromatic heterocycles. The topological polar surface area (TPSA) is 35.5 Å². The van der Waals surface area contributed by atoms with Gasteiger partial charge in [-0.3, -0.25) is 4.79 Å². The highest BCUT2D eigenvalue weighted by atomic mass is 19.4. The van der Waals surface area contributed by atoms with Crippen LogP contribution in [0.25, 0.3) is 11.1 Å². The zero-order valence-corrected chi connectivity index (χ0v) is 14.1. The van der Waals surface area contributed by atoms with Gasteiger partial charge in [-0.05, 0) is 41.0 Å². The number of alkyl halides is 3. The molecule has 6 heteroatoms. The van der Waals surface area contributed by atoms with Gasteiger partial charge in [0.2, 0.25) is 0 Å². The van der Waals surface area contributed by atoms with E-state index < -0.39 is 12.1 Å². The number of benzene rings is 3. The SMILES string of the molecule is O=Cc1ccc(-c2cccc(OCc3ccccc3)c2)cc1OC(F)(F)F. The molecule has 0 aliphatic heterocycles. The molecule has 3 aromatic carbocycles. The van der Waals surface area contributed by atoms with Crippen LogP contribution >= 0.6 is 0 Å². The minimum atomic E-state index is -4.88. The van der Waals surface area contributed by atoms with Crippen molar-refractivity contribution in [1.82, 2.24) is 0 Å². The largest absolute Gasteiger partial charge is 0.573 e. The summed E-state index contributed by atoms with van der Waals surface area (Å²) in [5.41, 5.74) is 1.95. The molecular formula is C21H15F3O3. The van der Waals surface area contributed by atoms with Gasteiger partial charge < -0.3 is 9.47 Å².